The number of amides is 1. The minimum absolute atomic E-state index is 0.00277. The van der Waals surface area contributed by atoms with Gasteiger partial charge in [0.25, 0.3) is 0 Å². The number of ether oxygens (including phenoxy) is 1. The van der Waals surface area contributed by atoms with E-state index in [0.717, 1.165) is 28.9 Å². The predicted molar refractivity (Wildman–Crippen MR) is 120 cm³/mol. The number of hydrogen-bond donors (Lipinski definition) is 3. The molecule has 3 rings (SSSR count). The first-order valence-electron chi connectivity index (χ1n) is 9.32. The molecule has 0 unspecified atom stereocenters. The van der Waals surface area contributed by atoms with Crippen LogP contribution >= 0.6 is 23.1 Å². The molecule has 3 aromatic rings. The molecule has 3 aromatic heterocycles. The number of carbonyl (C=O) groups is 2. The van der Waals surface area contributed by atoms with Gasteiger partial charge < -0.3 is 14.5 Å². The smallest absolute Gasteiger partial charge is 0.348 e. The minimum Gasteiger partial charge on any atom is -0.462 e. The number of furan rings is 1. The molecule has 3 heterocycles. The number of hydrogen-bond acceptors (Lipinski definition) is 11. The molecule has 32 heavy (non-hydrogen) atoms. The summed E-state index contributed by atoms with van der Waals surface area (Å²) in [4.78, 5) is 28.8. The van der Waals surface area contributed by atoms with Gasteiger partial charge in [-0.2, -0.15) is 15.3 Å². The van der Waals surface area contributed by atoms with Crippen molar-refractivity contribution < 1.29 is 18.7 Å². The molecule has 3 N–H and O–H groups in total. The Morgan fingerprint density at radius 1 is 1.44 bits per heavy atom. The predicted octanol–water partition coefficient (Wildman–Crippen LogP) is 3.30. The van der Waals surface area contributed by atoms with Crippen molar-refractivity contribution in [3.63, 3.8) is 0 Å². The normalized spacial score (nSPS) is 10.8. The Morgan fingerprint density at radius 2 is 2.25 bits per heavy atom. The van der Waals surface area contributed by atoms with Crippen molar-refractivity contribution >= 4 is 52.1 Å². The Balaban J connectivity index is 1.54. The number of hydrazone groups is 1. The third-order valence-electron chi connectivity index (χ3n) is 3.89. The highest BCUT2D eigenvalue weighted by atomic mass is 32.2. The van der Waals surface area contributed by atoms with E-state index in [1.54, 1.807) is 19.9 Å². The number of aryl methyl sites for hydroxylation is 1. The summed E-state index contributed by atoms with van der Waals surface area (Å²) >= 11 is 2.11. The van der Waals surface area contributed by atoms with Crippen LogP contribution in [0.3, 0.4) is 0 Å². The monoisotopic (exact) mass is 473 g/mol. The number of nitrogens with one attached hydrogen (secondary N) is 3. The number of esters is 1. The molecule has 0 atom stereocenters. The number of aromatic nitrogens is 3. The zero-order valence-corrected chi connectivity index (χ0v) is 19.0. The number of aromatic amines is 1. The van der Waals surface area contributed by atoms with Crippen LogP contribution in [0.25, 0.3) is 0 Å². The summed E-state index contributed by atoms with van der Waals surface area (Å²) in [5, 5.41) is 23.3. The van der Waals surface area contributed by atoms with E-state index in [2.05, 4.69) is 31.0 Å². The van der Waals surface area contributed by atoms with Gasteiger partial charge in [-0.1, -0.05) is 11.8 Å². The van der Waals surface area contributed by atoms with Gasteiger partial charge in [0.15, 0.2) is 0 Å². The molecule has 11 nitrogen and oxygen atoms in total. The van der Waals surface area contributed by atoms with Gasteiger partial charge >= 0.3 is 5.97 Å². The van der Waals surface area contributed by atoms with Crippen molar-refractivity contribution in [1.82, 2.24) is 15.2 Å². The molecular formula is C19H19N7O4S2. The maximum atomic E-state index is 12.3. The lowest BCUT2D eigenvalue weighted by Crippen LogP contribution is -2.14. The number of nitrogens with zero attached hydrogens (tertiary/aromatic N) is 4. The third kappa shape index (κ3) is 5.74. The number of rotatable bonds is 9. The van der Waals surface area contributed by atoms with Crippen LogP contribution in [0.5, 0.6) is 0 Å². The molecule has 0 aliphatic rings. The van der Waals surface area contributed by atoms with E-state index in [4.69, 9.17) is 9.15 Å². The SMILES string of the molecule is CCOC(=O)c1sc(NC(=O)CSc2n[nH]c(N/N=C\c3ccc(C)o3)n2)c(C#N)c1C. The summed E-state index contributed by atoms with van der Waals surface area (Å²) in [6.07, 6.45) is 1.50. The second-order valence-corrected chi connectivity index (χ2v) is 8.18. The largest absolute Gasteiger partial charge is 0.462 e. The molecule has 13 heteroatoms. The summed E-state index contributed by atoms with van der Waals surface area (Å²) in [6, 6.07) is 5.62. The lowest BCUT2D eigenvalue weighted by molar-refractivity contribution is -0.113. The van der Waals surface area contributed by atoms with Crippen LogP contribution in [0.15, 0.2) is 26.8 Å². The van der Waals surface area contributed by atoms with Crippen LogP contribution in [-0.2, 0) is 9.53 Å². The first kappa shape index (κ1) is 23.0. The van der Waals surface area contributed by atoms with Crippen molar-refractivity contribution in [2.24, 2.45) is 5.10 Å². The van der Waals surface area contributed by atoms with Crippen LogP contribution < -0.4 is 10.7 Å². The van der Waals surface area contributed by atoms with Gasteiger partial charge in [-0.05, 0) is 38.5 Å². The summed E-state index contributed by atoms with van der Waals surface area (Å²) in [7, 11) is 0. The topological polar surface area (TPSA) is 158 Å². The van der Waals surface area contributed by atoms with Gasteiger partial charge in [0.05, 0.1) is 24.1 Å². The molecule has 0 fully saturated rings. The Hall–Kier alpha value is -3.63. The zero-order valence-electron chi connectivity index (χ0n) is 17.4. The molecule has 0 aromatic carbocycles. The van der Waals surface area contributed by atoms with Gasteiger partial charge in [-0.25, -0.2) is 15.3 Å². The van der Waals surface area contributed by atoms with E-state index in [1.165, 1.54) is 6.21 Å². The van der Waals surface area contributed by atoms with Crippen molar-refractivity contribution in [2.45, 2.75) is 25.9 Å². The summed E-state index contributed by atoms with van der Waals surface area (Å²) < 4.78 is 10.4. The standard InChI is InChI=1S/C19H19N7O4S2/c1-4-29-17(28)15-11(3)13(7-20)16(32-15)22-14(27)9-31-19-23-18(25-26-19)24-21-8-12-6-5-10(2)30-12/h5-6,8H,4,9H2,1-3H3,(H,22,27)(H2,23,24,25,26)/b21-8-. The fraction of sp³-hybridized carbons (Fsp3) is 0.263. The Labute approximate surface area is 191 Å². The van der Waals surface area contributed by atoms with E-state index >= 15 is 0 Å². The highest BCUT2D eigenvalue weighted by Crippen LogP contribution is 2.33. The third-order valence-corrected chi connectivity index (χ3v) is 5.93. The van der Waals surface area contributed by atoms with Crippen LogP contribution in [0.2, 0.25) is 0 Å². The maximum Gasteiger partial charge on any atom is 0.348 e. The van der Waals surface area contributed by atoms with E-state index < -0.39 is 5.97 Å². The number of carbonyl (C=O) groups excluding carboxylic acids is 2. The second-order valence-electron chi connectivity index (χ2n) is 6.21. The van der Waals surface area contributed by atoms with E-state index in [9.17, 15) is 14.9 Å². The van der Waals surface area contributed by atoms with Crippen LogP contribution in [0.1, 0.15) is 39.2 Å². The van der Waals surface area contributed by atoms with Gasteiger partial charge in [0.2, 0.25) is 17.0 Å². The number of thiophene rings is 1. The van der Waals surface area contributed by atoms with Gasteiger partial charge in [-0.15, -0.1) is 16.4 Å². The molecule has 0 aliphatic carbocycles. The number of anilines is 2. The quantitative estimate of drug-likeness (QED) is 0.183. The molecule has 0 saturated heterocycles. The van der Waals surface area contributed by atoms with Crippen LogP contribution in [0.4, 0.5) is 10.9 Å². The van der Waals surface area contributed by atoms with E-state index in [-0.39, 0.29) is 23.8 Å². The van der Waals surface area contributed by atoms with Crippen molar-refractivity contribution in [3.05, 3.63) is 39.7 Å². The van der Waals surface area contributed by atoms with Crippen molar-refractivity contribution in [3.8, 4) is 6.07 Å². The number of H-pyrrole nitrogens is 1. The van der Waals surface area contributed by atoms with E-state index in [0.29, 0.717) is 32.3 Å². The van der Waals surface area contributed by atoms with Gasteiger partial charge in [0, 0.05) is 0 Å². The Bertz CT molecular complexity index is 1190. The minimum atomic E-state index is -0.521. The summed E-state index contributed by atoms with van der Waals surface area (Å²) in [5.41, 5.74) is 3.40. The van der Waals surface area contributed by atoms with Crippen molar-refractivity contribution in [1.29, 1.82) is 5.26 Å². The first-order chi connectivity index (χ1) is 15.4. The van der Waals surface area contributed by atoms with Gasteiger partial charge in [0.1, 0.15) is 27.5 Å². The second kappa shape index (κ2) is 10.6. The highest BCUT2D eigenvalue weighted by molar-refractivity contribution is 7.99. The molecule has 0 saturated carbocycles. The molecular weight excluding hydrogens is 454 g/mol. The molecule has 1 amide bonds. The first-order valence-corrected chi connectivity index (χ1v) is 11.1. The van der Waals surface area contributed by atoms with Gasteiger partial charge in [-0.3, -0.25) is 4.79 Å². The average molecular weight is 474 g/mol. The molecule has 0 spiro atoms. The summed E-state index contributed by atoms with van der Waals surface area (Å²) in [5.74, 6) is 0.781. The zero-order chi connectivity index (χ0) is 23.1. The number of nitriles is 1. The molecule has 0 bridgehead atoms. The summed E-state index contributed by atoms with van der Waals surface area (Å²) in [6.45, 7) is 5.39. The highest BCUT2D eigenvalue weighted by Gasteiger charge is 2.22. The lowest BCUT2D eigenvalue weighted by Gasteiger charge is -2.01. The lowest BCUT2D eigenvalue weighted by atomic mass is 10.2. The fourth-order valence-electron chi connectivity index (χ4n) is 2.46. The number of thioether (sulfide) groups is 1. The maximum absolute atomic E-state index is 12.3. The van der Waals surface area contributed by atoms with Crippen LogP contribution in [-0.4, -0.2) is 45.6 Å². The average Bonchev–Trinajstić information content (AvgIpc) is 3.46. The Kier molecular flexibility index (Phi) is 7.63. The molecule has 0 aliphatic heterocycles. The molecule has 0 radical (unpaired) electrons. The van der Waals surface area contributed by atoms with Crippen LogP contribution in [0, 0.1) is 25.2 Å². The molecule has 166 valence electrons. The Morgan fingerprint density at radius 3 is 2.94 bits per heavy atom. The van der Waals surface area contributed by atoms with Crippen molar-refractivity contribution in [2.75, 3.05) is 23.1 Å². The fourth-order valence-corrected chi connectivity index (χ4v) is 4.13. The van der Waals surface area contributed by atoms with E-state index in [1.807, 2.05) is 19.1 Å².